The molecule has 5 aromatic rings. The van der Waals surface area contributed by atoms with Crippen molar-refractivity contribution in [2.75, 3.05) is 0 Å². The molecule has 250 valence electrons. The van der Waals surface area contributed by atoms with E-state index in [1.54, 1.807) is 16.5 Å². The van der Waals surface area contributed by atoms with Crippen molar-refractivity contribution in [1.82, 2.24) is 9.55 Å². The summed E-state index contributed by atoms with van der Waals surface area (Å²) in [5.74, 6) is 6.95. The zero-order chi connectivity index (χ0) is 32.9. The molecule has 8 saturated carbocycles. The highest BCUT2D eigenvalue weighted by molar-refractivity contribution is 7.00. The molecule has 0 spiro atoms. The maximum atomic E-state index is 5.99. The quantitative estimate of drug-likeness (QED) is 0.170. The van der Waals surface area contributed by atoms with Gasteiger partial charge in [0.2, 0.25) is 6.71 Å². The second-order valence-corrected chi connectivity index (χ2v) is 20.5. The Morgan fingerprint density at radius 2 is 1.28 bits per heavy atom. The number of fused-ring (bicyclic) bond motifs is 4. The normalized spacial score (nSPS) is 35.1. The van der Waals surface area contributed by atoms with Gasteiger partial charge in [-0.15, -0.1) is 0 Å². The highest BCUT2D eigenvalue weighted by atomic mass is 15.1. The van der Waals surface area contributed by atoms with Crippen molar-refractivity contribution in [3.63, 3.8) is 0 Å². The summed E-state index contributed by atoms with van der Waals surface area (Å²) in [6, 6.07) is 25.0. The second-order valence-electron chi connectivity index (χ2n) is 20.5. The van der Waals surface area contributed by atoms with Gasteiger partial charge in [-0.05, 0) is 179 Å². The van der Waals surface area contributed by atoms with Crippen LogP contribution in [-0.2, 0) is 16.2 Å². The Balaban J connectivity index is 1.13. The van der Waals surface area contributed by atoms with Crippen LogP contribution in [0, 0.1) is 35.5 Å². The van der Waals surface area contributed by atoms with E-state index in [1.165, 1.54) is 133 Å². The lowest BCUT2D eigenvalue weighted by molar-refractivity contribution is -0.00981. The summed E-state index contributed by atoms with van der Waals surface area (Å²) in [6.45, 7) is 7.40. The first-order chi connectivity index (χ1) is 24.2. The third-order valence-corrected chi connectivity index (χ3v) is 16.3. The molecule has 3 heteroatoms. The van der Waals surface area contributed by atoms with Crippen LogP contribution in [0.15, 0.2) is 60.7 Å². The summed E-state index contributed by atoms with van der Waals surface area (Å²) in [4.78, 5) is 5.99. The van der Waals surface area contributed by atoms with Gasteiger partial charge in [-0.3, -0.25) is 4.57 Å². The minimum absolute atomic E-state index is 0.0862. The number of hydrogen-bond donors (Lipinski definition) is 0. The van der Waals surface area contributed by atoms with Gasteiger partial charge in [-0.25, -0.2) is 4.98 Å². The molecular weight excluding hydrogens is 603 g/mol. The Morgan fingerprint density at radius 3 is 1.92 bits per heavy atom. The summed E-state index contributed by atoms with van der Waals surface area (Å²) >= 11 is 0. The van der Waals surface area contributed by atoms with Crippen molar-refractivity contribution in [3.05, 3.63) is 77.6 Å². The molecule has 0 N–H and O–H groups in total. The standard InChI is InChI=1S/C47H49BN2/c1-45(2,3)36-11-10-33-34-6-5-9-40-42(34)48(37-8-4-7-35(36)41(33)37)38-18-32(46-20-26-12-27(21-46)14-28(13-26)22-46)19-39-43(38)50(40)44(49-39)47-23-29-15-30(24-47)17-31(16-29)25-47/h4-11,18-19,26-31H,12-17,20-25H2,1-3H3. The monoisotopic (exact) mass is 652 g/mol. The maximum Gasteiger partial charge on any atom is 0.248 e. The van der Waals surface area contributed by atoms with Gasteiger partial charge in [0.05, 0.1) is 11.0 Å². The Morgan fingerprint density at radius 1 is 0.660 bits per heavy atom. The largest absolute Gasteiger partial charge is 0.297 e. The zero-order valence-electron chi connectivity index (χ0n) is 30.2. The van der Waals surface area contributed by atoms with Crippen molar-refractivity contribution >= 4 is 44.9 Å². The van der Waals surface area contributed by atoms with Crippen LogP contribution in [0.1, 0.15) is 115 Å². The smallest absolute Gasteiger partial charge is 0.248 e. The van der Waals surface area contributed by atoms with Gasteiger partial charge in [0, 0.05) is 11.1 Å². The summed E-state index contributed by atoms with van der Waals surface area (Å²) in [5.41, 5.74) is 15.5. The second kappa shape index (κ2) is 8.99. The fourth-order valence-electron chi connectivity index (χ4n) is 15.5. The molecule has 15 rings (SSSR count). The molecule has 0 saturated heterocycles. The van der Waals surface area contributed by atoms with E-state index in [0.29, 0.717) is 5.41 Å². The third kappa shape index (κ3) is 3.43. The molecule has 0 amide bonds. The fourth-order valence-corrected chi connectivity index (χ4v) is 15.5. The van der Waals surface area contributed by atoms with Gasteiger partial charge in [0.25, 0.3) is 0 Å². The van der Waals surface area contributed by atoms with Gasteiger partial charge in [0.15, 0.2) is 0 Å². The van der Waals surface area contributed by atoms with Crippen LogP contribution in [0.3, 0.4) is 0 Å². The van der Waals surface area contributed by atoms with Gasteiger partial charge >= 0.3 is 0 Å². The van der Waals surface area contributed by atoms with Crippen molar-refractivity contribution in [2.24, 2.45) is 35.5 Å². The van der Waals surface area contributed by atoms with Crippen molar-refractivity contribution in [2.45, 2.75) is 114 Å². The van der Waals surface area contributed by atoms with Crippen LogP contribution >= 0.6 is 0 Å². The minimum atomic E-state index is 0.0862. The molecule has 4 aromatic carbocycles. The Labute approximate surface area is 297 Å². The van der Waals surface area contributed by atoms with E-state index >= 15 is 0 Å². The number of aromatic nitrogens is 2. The highest BCUT2D eigenvalue weighted by Gasteiger charge is 2.56. The molecule has 2 aliphatic heterocycles. The molecule has 8 bridgehead atoms. The molecule has 1 aromatic heterocycles. The predicted molar refractivity (Wildman–Crippen MR) is 207 cm³/mol. The summed E-state index contributed by atoms with van der Waals surface area (Å²) in [7, 11) is 0. The average Bonchev–Trinajstić information content (AvgIpc) is 3.47. The van der Waals surface area contributed by atoms with Crippen molar-refractivity contribution < 1.29 is 0 Å². The van der Waals surface area contributed by atoms with E-state index in [-0.39, 0.29) is 17.5 Å². The lowest BCUT2D eigenvalue weighted by atomic mass is 9.32. The molecule has 2 nitrogen and oxygen atoms in total. The van der Waals surface area contributed by atoms with E-state index in [0.717, 1.165) is 35.5 Å². The average molecular weight is 653 g/mol. The Hall–Kier alpha value is -3.33. The molecule has 0 atom stereocenters. The van der Waals surface area contributed by atoms with E-state index in [9.17, 15) is 0 Å². The van der Waals surface area contributed by atoms with E-state index in [4.69, 9.17) is 4.98 Å². The summed E-state index contributed by atoms with van der Waals surface area (Å²) < 4.78 is 2.78. The van der Waals surface area contributed by atoms with E-state index in [1.807, 2.05) is 0 Å². The first-order valence-electron chi connectivity index (χ1n) is 20.5. The van der Waals surface area contributed by atoms with Crippen LogP contribution in [0.5, 0.6) is 0 Å². The molecular formula is C47H49BN2. The molecule has 8 fully saturated rings. The van der Waals surface area contributed by atoms with Gasteiger partial charge < -0.3 is 0 Å². The van der Waals surface area contributed by atoms with Crippen LogP contribution in [0.25, 0.3) is 38.6 Å². The SMILES string of the molecule is CC(C)(C)c1ccc2c3c(cccc13)B1c3c-2cccc3-n2c(C34CC5CC(CC(C5)C3)C4)nc3cc(C45CC6CC(CC(C6)C4)C5)cc1c32. The molecule has 0 radical (unpaired) electrons. The molecule has 0 unspecified atom stereocenters. The highest BCUT2D eigenvalue weighted by Crippen LogP contribution is 2.63. The topological polar surface area (TPSA) is 17.8 Å². The van der Waals surface area contributed by atoms with Crippen LogP contribution in [0.4, 0.5) is 0 Å². The number of nitrogens with zero attached hydrogens (tertiary/aromatic N) is 2. The van der Waals surface area contributed by atoms with Crippen LogP contribution < -0.4 is 16.4 Å². The summed E-state index contributed by atoms with van der Waals surface area (Å²) in [5, 5.41) is 2.95. The Kier molecular flexibility index (Phi) is 5.09. The first kappa shape index (κ1) is 28.3. The van der Waals surface area contributed by atoms with Gasteiger partial charge in [-0.1, -0.05) is 74.8 Å². The van der Waals surface area contributed by atoms with E-state index < -0.39 is 0 Å². The third-order valence-electron chi connectivity index (χ3n) is 16.3. The molecule has 8 aliphatic carbocycles. The molecule has 50 heavy (non-hydrogen) atoms. The van der Waals surface area contributed by atoms with Crippen molar-refractivity contribution in [1.29, 1.82) is 0 Å². The number of benzene rings is 4. The van der Waals surface area contributed by atoms with E-state index in [2.05, 4.69) is 86.0 Å². The molecule has 10 aliphatic rings. The molecule has 3 heterocycles. The fraction of sp³-hybridized carbons (Fsp3) is 0.511. The van der Waals surface area contributed by atoms with Gasteiger partial charge in [0.1, 0.15) is 5.82 Å². The lowest BCUT2D eigenvalue weighted by Gasteiger charge is -2.57. The van der Waals surface area contributed by atoms with Crippen LogP contribution in [0.2, 0.25) is 0 Å². The minimum Gasteiger partial charge on any atom is -0.297 e. The first-order valence-corrected chi connectivity index (χ1v) is 20.5. The number of imidazole rings is 1. The predicted octanol–water partition coefficient (Wildman–Crippen LogP) is 9.22. The zero-order valence-corrected chi connectivity index (χ0v) is 30.2. The summed E-state index contributed by atoms with van der Waals surface area (Å²) in [6.07, 6.45) is 17.2. The van der Waals surface area contributed by atoms with Crippen molar-refractivity contribution in [3.8, 4) is 16.8 Å². The Bertz CT molecular complexity index is 2280. The van der Waals surface area contributed by atoms with Gasteiger partial charge in [-0.2, -0.15) is 0 Å². The van der Waals surface area contributed by atoms with Crippen LogP contribution in [-0.4, -0.2) is 16.3 Å². The number of hydrogen-bond acceptors (Lipinski definition) is 1. The number of rotatable bonds is 2. The lowest BCUT2D eigenvalue weighted by Crippen LogP contribution is -2.59. The maximum absolute atomic E-state index is 5.99.